The molecule has 0 aliphatic carbocycles. The number of rotatable bonds is 11. The summed E-state index contributed by atoms with van der Waals surface area (Å²) in [6, 6.07) is -0.196. The minimum Gasteiger partial charge on any atom is -0.465 e. The fourth-order valence-corrected chi connectivity index (χ4v) is 2.56. The van der Waals surface area contributed by atoms with E-state index in [2.05, 4.69) is 19.2 Å². The zero-order valence-electron chi connectivity index (χ0n) is 11.8. The van der Waals surface area contributed by atoms with E-state index in [1.807, 2.05) is 6.92 Å². The number of thioether (sulfide) groups is 1. The van der Waals surface area contributed by atoms with E-state index >= 15 is 0 Å². The molecule has 18 heavy (non-hydrogen) atoms. The molecule has 2 N–H and O–H groups in total. The average Bonchev–Trinajstić information content (AvgIpc) is 2.34. The van der Waals surface area contributed by atoms with Gasteiger partial charge in [-0.05, 0) is 38.5 Å². The van der Waals surface area contributed by atoms with E-state index in [0.717, 1.165) is 31.6 Å². The molecule has 0 amide bonds. The van der Waals surface area contributed by atoms with Gasteiger partial charge in [0.15, 0.2) is 0 Å². The topological polar surface area (TPSA) is 58.6 Å². The van der Waals surface area contributed by atoms with Crippen LogP contribution in [0.3, 0.4) is 0 Å². The van der Waals surface area contributed by atoms with Gasteiger partial charge in [0.25, 0.3) is 0 Å². The number of carbonyl (C=O) groups excluding carboxylic acids is 1. The highest BCUT2D eigenvalue weighted by atomic mass is 32.2. The van der Waals surface area contributed by atoms with Crippen molar-refractivity contribution in [3.05, 3.63) is 0 Å². The molecular formula is C13H27NO3S. The van der Waals surface area contributed by atoms with Gasteiger partial charge in [-0.3, -0.25) is 4.79 Å². The van der Waals surface area contributed by atoms with E-state index in [1.165, 1.54) is 0 Å². The number of nitrogens with one attached hydrogen (secondary N) is 1. The summed E-state index contributed by atoms with van der Waals surface area (Å²) in [7, 11) is 0. The molecule has 4 nitrogen and oxygen atoms in total. The molecule has 0 fully saturated rings. The van der Waals surface area contributed by atoms with Gasteiger partial charge in [0.05, 0.1) is 6.61 Å². The van der Waals surface area contributed by atoms with Gasteiger partial charge >= 0.3 is 5.97 Å². The lowest BCUT2D eigenvalue weighted by atomic mass is 10.2. The zero-order chi connectivity index (χ0) is 13.8. The highest BCUT2D eigenvalue weighted by Gasteiger charge is 2.18. The SMILES string of the molecule is CCCNC(CCSC(C)CCO)C(=O)OCC. The molecule has 0 radical (unpaired) electrons. The van der Waals surface area contributed by atoms with Gasteiger partial charge in [-0.15, -0.1) is 0 Å². The third-order valence-corrected chi connectivity index (χ3v) is 3.83. The van der Waals surface area contributed by atoms with Crippen LogP contribution in [0.5, 0.6) is 0 Å². The Kier molecular flexibility index (Phi) is 11.6. The number of hydrogen-bond donors (Lipinski definition) is 2. The Balaban J connectivity index is 3.95. The van der Waals surface area contributed by atoms with E-state index in [4.69, 9.17) is 9.84 Å². The molecule has 0 aromatic carbocycles. The average molecular weight is 277 g/mol. The van der Waals surface area contributed by atoms with Crippen LogP contribution < -0.4 is 5.32 Å². The van der Waals surface area contributed by atoms with Crippen molar-refractivity contribution < 1.29 is 14.6 Å². The Bertz CT molecular complexity index is 214. The first-order chi connectivity index (χ1) is 8.65. The number of ether oxygens (including phenoxy) is 1. The van der Waals surface area contributed by atoms with Crippen LogP contribution in [0.4, 0.5) is 0 Å². The molecule has 0 rings (SSSR count). The minimum atomic E-state index is -0.196. The zero-order valence-corrected chi connectivity index (χ0v) is 12.6. The standard InChI is InChI=1S/C13H27NO3S/c1-4-8-14-12(13(16)17-5-2)7-10-18-11(3)6-9-15/h11-12,14-15H,4-10H2,1-3H3. The van der Waals surface area contributed by atoms with Crippen LogP contribution in [0.1, 0.15) is 40.0 Å². The second kappa shape index (κ2) is 11.8. The normalized spacial score (nSPS) is 14.2. The second-order valence-electron chi connectivity index (χ2n) is 4.24. The maximum Gasteiger partial charge on any atom is 0.323 e. The molecule has 2 atom stereocenters. The predicted molar refractivity (Wildman–Crippen MR) is 77.0 cm³/mol. The summed E-state index contributed by atoms with van der Waals surface area (Å²) in [6.07, 6.45) is 2.58. The van der Waals surface area contributed by atoms with Gasteiger partial charge in [-0.25, -0.2) is 0 Å². The van der Waals surface area contributed by atoms with E-state index in [1.54, 1.807) is 11.8 Å². The van der Waals surface area contributed by atoms with E-state index < -0.39 is 0 Å². The summed E-state index contributed by atoms with van der Waals surface area (Å²) in [5.41, 5.74) is 0. The molecule has 0 spiro atoms. The van der Waals surface area contributed by atoms with Gasteiger partial charge in [0.1, 0.15) is 6.04 Å². The van der Waals surface area contributed by atoms with Crippen LogP contribution in [0.25, 0.3) is 0 Å². The Morgan fingerprint density at radius 1 is 1.39 bits per heavy atom. The highest BCUT2D eigenvalue weighted by molar-refractivity contribution is 7.99. The molecule has 0 aromatic heterocycles. The van der Waals surface area contributed by atoms with Crippen LogP contribution in [-0.2, 0) is 9.53 Å². The lowest BCUT2D eigenvalue weighted by molar-refractivity contribution is -0.145. The van der Waals surface area contributed by atoms with Crippen molar-refractivity contribution in [2.24, 2.45) is 0 Å². The van der Waals surface area contributed by atoms with E-state index in [0.29, 0.717) is 11.9 Å². The molecule has 5 heteroatoms. The smallest absolute Gasteiger partial charge is 0.323 e. The molecule has 0 bridgehead atoms. The fraction of sp³-hybridized carbons (Fsp3) is 0.923. The summed E-state index contributed by atoms with van der Waals surface area (Å²) in [5.74, 6) is 0.753. The summed E-state index contributed by atoms with van der Waals surface area (Å²) in [5, 5.41) is 12.5. The Hall–Kier alpha value is -0.260. The first-order valence-corrected chi connectivity index (χ1v) is 7.83. The molecule has 108 valence electrons. The van der Waals surface area contributed by atoms with Crippen LogP contribution in [-0.4, -0.2) is 47.9 Å². The summed E-state index contributed by atoms with van der Waals surface area (Å²) < 4.78 is 5.06. The number of carbonyl (C=O) groups is 1. The van der Waals surface area contributed by atoms with Crippen molar-refractivity contribution in [3.63, 3.8) is 0 Å². The van der Waals surface area contributed by atoms with Crippen molar-refractivity contribution in [1.29, 1.82) is 0 Å². The van der Waals surface area contributed by atoms with Gasteiger partial charge in [0.2, 0.25) is 0 Å². The molecule has 0 heterocycles. The Morgan fingerprint density at radius 2 is 2.11 bits per heavy atom. The Labute approximate surface area is 115 Å². The number of aliphatic hydroxyl groups excluding tert-OH is 1. The number of aliphatic hydroxyl groups is 1. The first kappa shape index (κ1) is 17.7. The van der Waals surface area contributed by atoms with Gasteiger partial charge in [-0.2, -0.15) is 11.8 Å². The highest BCUT2D eigenvalue weighted by Crippen LogP contribution is 2.15. The number of hydrogen-bond acceptors (Lipinski definition) is 5. The molecule has 0 saturated heterocycles. The first-order valence-electron chi connectivity index (χ1n) is 6.78. The largest absolute Gasteiger partial charge is 0.465 e. The summed E-state index contributed by atoms with van der Waals surface area (Å²) in [6.45, 7) is 7.49. The molecule has 0 aliphatic heterocycles. The maximum absolute atomic E-state index is 11.7. The quantitative estimate of drug-likeness (QED) is 0.564. The molecule has 0 aromatic rings. The van der Waals surface area contributed by atoms with Crippen LogP contribution >= 0.6 is 11.8 Å². The minimum absolute atomic E-state index is 0.152. The summed E-state index contributed by atoms with van der Waals surface area (Å²) >= 11 is 1.79. The third-order valence-electron chi connectivity index (χ3n) is 2.56. The van der Waals surface area contributed by atoms with Gasteiger partial charge in [-0.1, -0.05) is 13.8 Å². The maximum atomic E-state index is 11.7. The van der Waals surface area contributed by atoms with Gasteiger partial charge in [0, 0.05) is 11.9 Å². The second-order valence-corrected chi connectivity index (χ2v) is 5.79. The lowest BCUT2D eigenvalue weighted by Crippen LogP contribution is -2.39. The van der Waals surface area contributed by atoms with Crippen LogP contribution in [0.15, 0.2) is 0 Å². The van der Waals surface area contributed by atoms with Crippen molar-refractivity contribution in [2.75, 3.05) is 25.5 Å². The Morgan fingerprint density at radius 3 is 2.67 bits per heavy atom. The summed E-state index contributed by atoms with van der Waals surface area (Å²) in [4.78, 5) is 11.7. The molecule has 2 unspecified atom stereocenters. The molecular weight excluding hydrogens is 250 g/mol. The number of esters is 1. The van der Waals surface area contributed by atoms with Crippen molar-refractivity contribution in [1.82, 2.24) is 5.32 Å². The fourth-order valence-electron chi connectivity index (χ4n) is 1.52. The van der Waals surface area contributed by atoms with Crippen molar-refractivity contribution in [2.45, 2.75) is 51.3 Å². The van der Waals surface area contributed by atoms with E-state index in [-0.39, 0.29) is 18.6 Å². The molecule has 0 aliphatic rings. The van der Waals surface area contributed by atoms with Crippen molar-refractivity contribution >= 4 is 17.7 Å². The monoisotopic (exact) mass is 277 g/mol. The lowest BCUT2D eigenvalue weighted by Gasteiger charge is -2.17. The van der Waals surface area contributed by atoms with Gasteiger partial charge < -0.3 is 15.2 Å². The van der Waals surface area contributed by atoms with Crippen LogP contribution in [0, 0.1) is 0 Å². The van der Waals surface area contributed by atoms with Crippen molar-refractivity contribution in [3.8, 4) is 0 Å². The third kappa shape index (κ3) is 8.78. The van der Waals surface area contributed by atoms with E-state index in [9.17, 15) is 4.79 Å². The van der Waals surface area contributed by atoms with Crippen LogP contribution in [0.2, 0.25) is 0 Å². The molecule has 0 saturated carbocycles. The predicted octanol–water partition coefficient (Wildman–Crippen LogP) is 1.81.